The van der Waals surface area contributed by atoms with Crippen molar-refractivity contribution < 1.29 is 15.0 Å². The van der Waals surface area contributed by atoms with Gasteiger partial charge in [0.1, 0.15) is 0 Å². The number of carbonyl (C=O) groups excluding carboxylic acids is 1. The molecule has 1 aromatic carbocycles. The van der Waals surface area contributed by atoms with E-state index in [1.54, 1.807) is 0 Å². The minimum absolute atomic E-state index is 0.0420. The van der Waals surface area contributed by atoms with Gasteiger partial charge in [-0.25, -0.2) is 0 Å². The van der Waals surface area contributed by atoms with E-state index in [9.17, 15) is 15.0 Å². The molecule has 0 aliphatic heterocycles. The summed E-state index contributed by atoms with van der Waals surface area (Å²) in [5.41, 5.74) is 5.35. The Morgan fingerprint density at radius 1 is 1.41 bits per heavy atom. The van der Waals surface area contributed by atoms with E-state index >= 15 is 0 Å². The minimum atomic E-state index is -0.443. The number of amides is 1. The highest BCUT2D eigenvalue weighted by atomic mass is 32.1. The van der Waals surface area contributed by atoms with Crippen LogP contribution in [0.3, 0.4) is 0 Å². The molecule has 5 nitrogen and oxygen atoms in total. The number of rotatable bonds is 5. The number of hydrogen-bond acceptors (Lipinski definition) is 4. The van der Waals surface area contributed by atoms with Gasteiger partial charge in [0.05, 0.1) is 10.6 Å². The summed E-state index contributed by atoms with van der Waals surface area (Å²) in [6.45, 7) is 0.408. The number of thiocarbonyl (C=S) groups is 1. The van der Waals surface area contributed by atoms with Gasteiger partial charge >= 0.3 is 0 Å². The van der Waals surface area contributed by atoms with Gasteiger partial charge in [-0.3, -0.25) is 4.79 Å². The Kier molecular flexibility index (Phi) is 4.71. The highest BCUT2D eigenvalue weighted by Crippen LogP contribution is 2.27. The molecule has 0 fully saturated rings. The Balaban J connectivity index is 2.53. The highest BCUT2D eigenvalue weighted by Gasteiger charge is 2.12. The van der Waals surface area contributed by atoms with Crippen molar-refractivity contribution >= 4 is 23.1 Å². The zero-order valence-corrected chi connectivity index (χ0v) is 9.96. The highest BCUT2D eigenvalue weighted by molar-refractivity contribution is 7.80. The molecular formula is C11H14N2O3S. The molecule has 1 amide bonds. The zero-order valence-electron chi connectivity index (χ0n) is 9.14. The molecule has 0 atom stereocenters. The molecule has 0 radical (unpaired) electrons. The van der Waals surface area contributed by atoms with Crippen LogP contribution < -0.4 is 11.1 Å². The summed E-state index contributed by atoms with van der Waals surface area (Å²) in [6, 6.07) is 4.22. The predicted molar refractivity (Wildman–Crippen MR) is 68.1 cm³/mol. The molecule has 0 saturated carbocycles. The van der Waals surface area contributed by atoms with E-state index in [2.05, 4.69) is 5.32 Å². The second kappa shape index (κ2) is 6.05. The van der Waals surface area contributed by atoms with E-state index in [4.69, 9.17) is 18.0 Å². The fourth-order valence-corrected chi connectivity index (χ4v) is 1.42. The van der Waals surface area contributed by atoms with Gasteiger partial charge in [0.15, 0.2) is 11.5 Å². The molecule has 0 spiro atoms. The standard InChI is InChI=1S/C11H14N2O3S/c12-9(17)5-2-6-13-11(16)7-3-1-4-8(14)10(7)15/h1,3-4,14-15H,2,5-6H2,(H2,12,17)(H,13,16). The largest absolute Gasteiger partial charge is 0.504 e. The molecule has 1 aromatic rings. The number of nitrogens with one attached hydrogen (secondary N) is 1. The number of hydrogen-bond donors (Lipinski definition) is 4. The van der Waals surface area contributed by atoms with E-state index in [0.717, 1.165) is 0 Å². The number of carbonyl (C=O) groups is 1. The second-order valence-corrected chi connectivity index (χ2v) is 4.02. The van der Waals surface area contributed by atoms with E-state index in [-0.39, 0.29) is 11.3 Å². The van der Waals surface area contributed by atoms with Crippen molar-refractivity contribution in [2.24, 2.45) is 5.73 Å². The van der Waals surface area contributed by atoms with Gasteiger partial charge in [-0.2, -0.15) is 0 Å². The molecule has 0 aromatic heterocycles. The van der Waals surface area contributed by atoms with Crippen LogP contribution >= 0.6 is 12.2 Å². The maximum atomic E-state index is 11.6. The Labute approximate surface area is 104 Å². The van der Waals surface area contributed by atoms with Crippen LogP contribution in [0.25, 0.3) is 0 Å². The minimum Gasteiger partial charge on any atom is -0.504 e. The van der Waals surface area contributed by atoms with Gasteiger partial charge in [-0.1, -0.05) is 18.3 Å². The van der Waals surface area contributed by atoms with Crippen LogP contribution in [-0.2, 0) is 0 Å². The molecule has 17 heavy (non-hydrogen) atoms. The van der Waals surface area contributed by atoms with Crippen LogP contribution in [-0.4, -0.2) is 27.7 Å². The SMILES string of the molecule is NC(=S)CCCNC(=O)c1cccc(O)c1O. The topological polar surface area (TPSA) is 95.6 Å². The first-order valence-electron chi connectivity index (χ1n) is 5.10. The summed E-state index contributed by atoms with van der Waals surface area (Å²) >= 11 is 4.70. The first kappa shape index (κ1) is 13.2. The Morgan fingerprint density at radius 2 is 2.12 bits per heavy atom. The molecule has 0 aliphatic rings. The number of nitrogens with two attached hydrogens (primary N) is 1. The van der Waals surface area contributed by atoms with E-state index in [0.29, 0.717) is 24.4 Å². The Hall–Kier alpha value is -1.82. The van der Waals surface area contributed by atoms with Crippen molar-refractivity contribution in [2.45, 2.75) is 12.8 Å². The van der Waals surface area contributed by atoms with Gasteiger partial charge < -0.3 is 21.3 Å². The van der Waals surface area contributed by atoms with Crippen LogP contribution in [0, 0.1) is 0 Å². The van der Waals surface area contributed by atoms with Gasteiger partial charge in [0, 0.05) is 6.54 Å². The van der Waals surface area contributed by atoms with Crippen LogP contribution in [0.2, 0.25) is 0 Å². The quantitative estimate of drug-likeness (QED) is 0.355. The maximum absolute atomic E-state index is 11.6. The molecular weight excluding hydrogens is 240 g/mol. The van der Waals surface area contributed by atoms with Crippen molar-refractivity contribution in [3.05, 3.63) is 23.8 Å². The fraction of sp³-hybridized carbons (Fsp3) is 0.273. The third-order valence-corrected chi connectivity index (χ3v) is 2.35. The molecule has 92 valence electrons. The molecule has 0 aliphatic carbocycles. The summed E-state index contributed by atoms with van der Waals surface area (Å²) in [6.07, 6.45) is 1.20. The number of para-hydroxylation sites is 1. The lowest BCUT2D eigenvalue weighted by molar-refractivity contribution is 0.0950. The molecule has 1 rings (SSSR count). The summed E-state index contributed by atoms with van der Waals surface area (Å²) in [4.78, 5) is 12.0. The molecule has 0 unspecified atom stereocenters. The smallest absolute Gasteiger partial charge is 0.255 e. The lowest BCUT2D eigenvalue weighted by Crippen LogP contribution is -2.25. The average Bonchev–Trinajstić information content (AvgIpc) is 2.27. The van der Waals surface area contributed by atoms with Gasteiger partial charge in [0.25, 0.3) is 5.91 Å². The predicted octanol–water partition coefficient (Wildman–Crippen LogP) is 0.894. The van der Waals surface area contributed by atoms with Crippen molar-refractivity contribution in [2.75, 3.05) is 6.54 Å². The third kappa shape index (κ3) is 3.92. The van der Waals surface area contributed by atoms with E-state index in [1.807, 2.05) is 0 Å². The maximum Gasteiger partial charge on any atom is 0.255 e. The Morgan fingerprint density at radius 3 is 2.76 bits per heavy atom. The number of phenols is 2. The van der Waals surface area contributed by atoms with E-state index in [1.165, 1.54) is 18.2 Å². The monoisotopic (exact) mass is 254 g/mol. The lowest BCUT2D eigenvalue weighted by atomic mass is 10.1. The Bertz CT molecular complexity index is 435. The summed E-state index contributed by atoms with van der Waals surface area (Å²) in [5, 5.41) is 21.3. The number of benzene rings is 1. The first-order chi connectivity index (χ1) is 8.02. The number of phenolic OH excluding ortho intramolecular Hbond substituents is 2. The molecule has 0 heterocycles. The normalized spacial score (nSPS) is 9.88. The summed E-state index contributed by atoms with van der Waals surface area (Å²) in [5.74, 6) is -1.18. The van der Waals surface area contributed by atoms with Crippen LogP contribution in [0.1, 0.15) is 23.2 Å². The van der Waals surface area contributed by atoms with E-state index < -0.39 is 11.7 Å². The van der Waals surface area contributed by atoms with Crippen LogP contribution in [0.15, 0.2) is 18.2 Å². The van der Waals surface area contributed by atoms with Crippen molar-refractivity contribution in [1.82, 2.24) is 5.32 Å². The summed E-state index contributed by atoms with van der Waals surface area (Å²) < 4.78 is 0. The second-order valence-electron chi connectivity index (χ2n) is 3.50. The lowest BCUT2D eigenvalue weighted by Gasteiger charge is -2.07. The van der Waals surface area contributed by atoms with Crippen LogP contribution in [0.4, 0.5) is 0 Å². The third-order valence-electron chi connectivity index (χ3n) is 2.14. The van der Waals surface area contributed by atoms with Crippen molar-refractivity contribution in [1.29, 1.82) is 0 Å². The van der Waals surface area contributed by atoms with Crippen molar-refractivity contribution in [3.63, 3.8) is 0 Å². The molecule has 6 heteroatoms. The van der Waals surface area contributed by atoms with Gasteiger partial charge in [-0.05, 0) is 25.0 Å². The molecule has 0 bridgehead atoms. The number of aromatic hydroxyl groups is 2. The van der Waals surface area contributed by atoms with Gasteiger partial charge in [0.2, 0.25) is 0 Å². The van der Waals surface area contributed by atoms with Crippen LogP contribution in [0.5, 0.6) is 11.5 Å². The van der Waals surface area contributed by atoms with Gasteiger partial charge in [-0.15, -0.1) is 0 Å². The fourth-order valence-electron chi connectivity index (χ4n) is 1.27. The average molecular weight is 254 g/mol. The molecule has 0 saturated heterocycles. The summed E-state index contributed by atoms with van der Waals surface area (Å²) in [7, 11) is 0. The van der Waals surface area contributed by atoms with Crippen molar-refractivity contribution in [3.8, 4) is 11.5 Å². The molecule has 5 N–H and O–H groups in total. The first-order valence-corrected chi connectivity index (χ1v) is 5.50. The zero-order chi connectivity index (χ0) is 12.8.